The maximum Gasteiger partial charge on any atom is 0.0776 e. The van der Waals surface area contributed by atoms with Gasteiger partial charge >= 0.3 is 0 Å². The molecule has 0 aromatic heterocycles. The molecule has 0 N–H and O–H groups in total. The van der Waals surface area contributed by atoms with Crippen LogP contribution in [0.4, 0.5) is 0 Å². The Morgan fingerprint density at radius 1 is 0.842 bits per heavy atom. The van der Waals surface area contributed by atoms with Gasteiger partial charge in [0.05, 0.1) is 8.07 Å². The topological polar surface area (TPSA) is 0 Å². The Morgan fingerprint density at radius 2 is 1.42 bits per heavy atom. The number of hydrogen-bond donors (Lipinski definition) is 0. The highest BCUT2D eigenvalue weighted by molar-refractivity contribution is 9.10. The Morgan fingerprint density at radius 3 is 2.00 bits per heavy atom. The summed E-state index contributed by atoms with van der Waals surface area (Å²) in [6.45, 7) is 7.07. The molecule has 0 fully saturated rings. The minimum atomic E-state index is -1.26. The molecule has 0 aliphatic carbocycles. The van der Waals surface area contributed by atoms with Crippen LogP contribution >= 0.6 is 15.9 Å². The van der Waals surface area contributed by atoms with Gasteiger partial charge in [0.25, 0.3) is 0 Å². The fourth-order valence-electron chi connectivity index (χ4n) is 1.77. The summed E-state index contributed by atoms with van der Waals surface area (Å²) in [6, 6.07) is 16.7. The summed E-state index contributed by atoms with van der Waals surface area (Å²) >= 11 is 3.46. The third-order valence-electron chi connectivity index (χ3n) is 2.90. The van der Waals surface area contributed by atoms with E-state index < -0.39 is 8.07 Å². The third-order valence-corrected chi connectivity index (χ3v) is 5.44. The Labute approximate surface area is 125 Å². The Hall–Kier alpha value is -1.30. The highest BCUT2D eigenvalue weighted by Crippen LogP contribution is 2.11. The summed E-state index contributed by atoms with van der Waals surface area (Å²) in [4.78, 5) is 0. The van der Waals surface area contributed by atoms with Crippen LogP contribution in [0.25, 0.3) is 0 Å². The lowest BCUT2D eigenvalue weighted by Gasteiger charge is -2.16. The maximum absolute atomic E-state index is 3.46. The molecule has 0 saturated heterocycles. The predicted molar refractivity (Wildman–Crippen MR) is 89.5 cm³/mol. The van der Waals surface area contributed by atoms with E-state index in [9.17, 15) is 0 Å². The van der Waals surface area contributed by atoms with Crippen molar-refractivity contribution in [2.75, 3.05) is 0 Å². The zero-order chi connectivity index (χ0) is 13.9. The molecule has 0 spiro atoms. The van der Waals surface area contributed by atoms with Crippen LogP contribution in [0.15, 0.2) is 53.0 Å². The van der Waals surface area contributed by atoms with Crippen LogP contribution in [-0.2, 0) is 0 Å². The van der Waals surface area contributed by atoms with Crippen LogP contribution in [0.1, 0.15) is 11.1 Å². The fourth-order valence-corrected chi connectivity index (χ4v) is 3.36. The van der Waals surface area contributed by atoms with Gasteiger partial charge in [-0.3, -0.25) is 0 Å². The fraction of sp³-hybridized carbons (Fsp3) is 0.176. The van der Waals surface area contributed by atoms with Gasteiger partial charge in [0.2, 0.25) is 0 Å². The summed E-state index contributed by atoms with van der Waals surface area (Å²) in [6.07, 6.45) is 0. The predicted octanol–water partition coefficient (Wildman–Crippen LogP) is 4.39. The van der Waals surface area contributed by atoms with E-state index in [-0.39, 0.29) is 0 Å². The second-order valence-electron chi connectivity index (χ2n) is 5.59. The molecule has 0 saturated carbocycles. The van der Waals surface area contributed by atoms with Crippen molar-refractivity contribution < 1.29 is 0 Å². The summed E-state index contributed by atoms with van der Waals surface area (Å²) in [5.41, 5.74) is 2.13. The van der Waals surface area contributed by atoms with Crippen molar-refractivity contribution in [1.82, 2.24) is 0 Å². The van der Waals surface area contributed by atoms with Gasteiger partial charge in [-0.25, -0.2) is 0 Å². The van der Waals surface area contributed by atoms with Gasteiger partial charge in [0.15, 0.2) is 0 Å². The van der Waals surface area contributed by atoms with E-state index in [1.54, 1.807) is 0 Å². The molecule has 0 amide bonds. The van der Waals surface area contributed by atoms with E-state index in [4.69, 9.17) is 0 Å². The minimum absolute atomic E-state index is 1.03. The molecule has 0 aliphatic heterocycles. The van der Waals surface area contributed by atoms with Gasteiger partial charge < -0.3 is 0 Å². The SMILES string of the molecule is C[Si](C)(C)c1cccc(C#Cc2cccc(Br)c2)c1. The Balaban J connectivity index is 2.30. The van der Waals surface area contributed by atoms with Gasteiger partial charge in [-0.1, -0.05) is 70.8 Å². The first-order valence-electron chi connectivity index (χ1n) is 6.33. The van der Waals surface area contributed by atoms with Crippen molar-refractivity contribution in [3.63, 3.8) is 0 Å². The number of rotatable bonds is 1. The molecule has 0 nitrogen and oxygen atoms in total. The molecular weight excluding hydrogens is 312 g/mol. The molecule has 2 heteroatoms. The second-order valence-corrected chi connectivity index (χ2v) is 11.6. The van der Waals surface area contributed by atoms with Gasteiger partial charge in [-0.2, -0.15) is 0 Å². The van der Waals surface area contributed by atoms with Gasteiger partial charge in [-0.05, 0) is 30.3 Å². The van der Waals surface area contributed by atoms with Crippen molar-refractivity contribution in [2.24, 2.45) is 0 Å². The second kappa shape index (κ2) is 5.77. The van der Waals surface area contributed by atoms with Crippen molar-refractivity contribution in [2.45, 2.75) is 19.6 Å². The van der Waals surface area contributed by atoms with Crippen molar-refractivity contribution in [3.8, 4) is 11.8 Å². The summed E-state index contributed by atoms with van der Waals surface area (Å²) < 4.78 is 1.06. The zero-order valence-corrected chi connectivity index (χ0v) is 14.1. The quantitative estimate of drug-likeness (QED) is 0.537. The summed E-state index contributed by atoms with van der Waals surface area (Å²) in [7, 11) is -1.26. The Bertz CT molecular complexity index is 642. The highest BCUT2D eigenvalue weighted by Gasteiger charge is 2.15. The molecule has 0 heterocycles. The molecule has 0 aliphatic rings. The summed E-state index contributed by atoms with van der Waals surface area (Å²) in [5, 5.41) is 1.45. The molecule has 2 aromatic carbocycles. The molecule has 96 valence electrons. The molecule has 0 bridgehead atoms. The first kappa shape index (κ1) is 14.1. The smallest absolute Gasteiger partial charge is 0.0656 e. The van der Waals surface area contributed by atoms with Crippen LogP contribution in [0.3, 0.4) is 0 Å². The van der Waals surface area contributed by atoms with Crippen LogP contribution in [-0.4, -0.2) is 8.07 Å². The molecule has 0 unspecified atom stereocenters. The van der Waals surface area contributed by atoms with Crippen LogP contribution in [0.5, 0.6) is 0 Å². The third kappa shape index (κ3) is 4.09. The number of halogens is 1. The molecule has 2 rings (SSSR count). The monoisotopic (exact) mass is 328 g/mol. The van der Waals surface area contributed by atoms with Gasteiger partial charge in [-0.15, -0.1) is 0 Å². The molecule has 19 heavy (non-hydrogen) atoms. The average Bonchev–Trinajstić information content (AvgIpc) is 2.36. The lowest BCUT2D eigenvalue weighted by Crippen LogP contribution is -2.37. The van der Waals surface area contributed by atoms with Crippen molar-refractivity contribution in [3.05, 3.63) is 64.1 Å². The molecular formula is C17H17BrSi. The lowest BCUT2D eigenvalue weighted by atomic mass is 10.2. The average molecular weight is 329 g/mol. The Kier molecular flexibility index (Phi) is 4.29. The van der Waals surface area contributed by atoms with E-state index >= 15 is 0 Å². The van der Waals surface area contributed by atoms with E-state index in [1.165, 1.54) is 5.19 Å². The van der Waals surface area contributed by atoms with Crippen LogP contribution < -0.4 is 5.19 Å². The largest absolute Gasteiger partial charge is 0.0776 e. The zero-order valence-electron chi connectivity index (χ0n) is 11.5. The van der Waals surface area contributed by atoms with Crippen LogP contribution in [0.2, 0.25) is 19.6 Å². The standard InChI is InChI=1S/C17H17BrSi/c1-19(2,3)17-9-5-7-15(13-17)11-10-14-6-4-8-16(18)12-14/h4-9,12-13H,1-3H3. The van der Waals surface area contributed by atoms with E-state index in [1.807, 2.05) is 24.3 Å². The lowest BCUT2D eigenvalue weighted by molar-refractivity contribution is 1.59. The minimum Gasteiger partial charge on any atom is -0.0656 e. The van der Waals surface area contributed by atoms with Crippen molar-refractivity contribution in [1.29, 1.82) is 0 Å². The normalized spacial score (nSPS) is 10.7. The molecule has 0 atom stereocenters. The van der Waals surface area contributed by atoms with Gasteiger partial charge in [0.1, 0.15) is 0 Å². The number of benzene rings is 2. The van der Waals surface area contributed by atoms with Crippen LogP contribution in [0, 0.1) is 11.8 Å². The van der Waals surface area contributed by atoms with Crippen molar-refractivity contribution >= 4 is 29.2 Å². The number of hydrogen-bond acceptors (Lipinski definition) is 0. The highest BCUT2D eigenvalue weighted by atomic mass is 79.9. The molecule has 0 radical (unpaired) electrons. The first-order valence-corrected chi connectivity index (χ1v) is 10.6. The van der Waals surface area contributed by atoms with E-state index in [0.717, 1.165) is 15.6 Å². The summed E-state index contributed by atoms with van der Waals surface area (Å²) in [5.74, 6) is 6.47. The maximum atomic E-state index is 3.46. The van der Waals surface area contributed by atoms with Gasteiger partial charge in [0, 0.05) is 15.6 Å². The van der Waals surface area contributed by atoms with E-state index in [0.29, 0.717) is 0 Å². The molecule has 2 aromatic rings. The van der Waals surface area contributed by atoms with E-state index in [2.05, 4.69) is 71.7 Å². The first-order chi connectivity index (χ1) is 8.95.